The summed E-state index contributed by atoms with van der Waals surface area (Å²) in [6.45, 7) is 3.48. The fourth-order valence-electron chi connectivity index (χ4n) is 0.217. The monoisotopic (exact) mass is 114 g/mol. The third-order valence-electron chi connectivity index (χ3n) is 0.643. The van der Waals surface area contributed by atoms with Gasteiger partial charge in [-0.1, -0.05) is 6.58 Å². The summed E-state index contributed by atoms with van der Waals surface area (Å²) < 4.78 is 4.56. The lowest BCUT2D eigenvalue weighted by atomic mass is 10.3. The second-order valence-corrected chi connectivity index (χ2v) is 1.35. The second-order valence-electron chi connectivity index (χ2n) is 1.35. The molecule has 46 valence electrons. The van der Waals surface area contributed by atoms with Crippen LogP contribution in [0.4, 0.5) is 0 Å². The highest BCUT2D eigenvalue weighted by Gasteiger charge is 1.78. The molecular weight excluding hydrogens is 104 g/mol. The second kappa shape index (κ2) is 4.40. The molecule has 0 aromatic carbocycles. The van der Waals surface area contributed by atoms with Gasteiger partial charge in [-0.25, -0.2) is 0 Å². The first-order chi connectivity index (χ1) is 3.81. The molecule has 0 spiro atoms. The number of aliphatic hydroxyl groups is 1. The van der Waals surface area contributed by atoms with E-state index in [4.69, 9.17) is 5.11 Å². The molecule has 0 amide bonds. The van der Waals surface area contributed by atoms with Gasteiger partial charge in [-0.15, -0.1) is 0 Å². The normalized spacial score (nSPS) is 9.75. The lowest BCUT2D eigenvalue weighted by Crippen LogP contribution is -1.81. The highest BCUT2D eigenvalue weighted by Crippen LogP contribution is 1.88. The Kier molecular flexibility index (Phi) is 3.98. The number of rotatable bonds is 3. The summed E-state index contributed by atoms with van der Waals surface area (Å²) in [4.78, 5) is 0. The average molecular weight is 114 g/mol. The summed E-state index contributed by atoms with van der Waals surface area (Å²) in [5, 5.41) is 8.36. The first-order valence-corrected chi connectivity index (χ1v) is 2.29. The van der Waals surface area contributed by atoms with Crippen molar-refractivity contribution in [3.63, 3.8) is 0 Å². The molecule has 0 aliphatic rings. The maximum Gasteiger partial charge on any atom is 0.0828 e. The van der Waals surface area contributed by atoms with E-state index < -0.39 is 0 Å². The Hall–Kier alpha value is -0.760. The lowest BCUT2D eigenvalue weighted by Gasteiger charge is -1.88. The molecule has 1 N–H and O–H groups in total. The molecule has 0 bridgehead atoms. The third kappa shape index (κ3) is 3.43. The average Bonchev–Trinajstić information content (AvgIpc) is 1.83. The molecule has 0 aromatic rings. The van der Waals surface area contributed by atoms with Crippen molar-refractivity contribution >= 4 is 0 Å². The van der Waals surface area contributed by atoms with Gasteiger partial charge in [0.05, 0.1) is 20.0 Å². The molecule has 2 nitrogen and oxygen atoms in total. The van der Waals surface area contributed by atoms with Gasteiger partial charge in [0.1, 0.15) is 0 Å². The van der Waals surface area contributed by atoms with Gasteiger partial charge >= 0.3 is 0 Å². The molecule has 0 atom stereocenters. The van der Waals surface area contributed by atoms with Crippen LogP contribution in [0.1, 0.15) is 0 Å². The zero-order valence-electron chi connectivity index (χ0n) is 4.92. The zero-order valence-corrected chi connectivity index (χ0v) is 4.92. The van der Waals surface area contributed by atoms with Crippen molar-refractivity contribution in [2.75, 3.05) is 13.7 Å². The van der Waals surface area contributed by atoms with Gasteiger partial charge in [0.25, 0.3) is 0 Å². The summed E-state index contributed by atoms with van der Waals surface area (Å²) in [6, 6.07) is 0. The quantitative estimate of drug-likeness (QED) is 0.432. The van der Waals surface area contributed by atoms with E-state index in [0.717, 1.165) is 0 Å². The van der Waals surface area contributed by atoms with E-state index in [1.807, 2.05) is 0 Å². The van der Waals surface area contributed by atoms with Gasteiger partial charge in [-0.3, -0.25) is 0 Å². The maximum absolute atomic E-state index is 8.36. The molecule has 0 aliphatic heterocycles. The predicted molar refractivity (Wildman–Crippen MR) is 32.4 cm³/mol. The minimum Gasteiger partial charge on any atom is -0.504 e. The van der Waals surface area contributed by atoms with E-state index in [9.17, 15) is 0 Å². The van der Waals surface area contributed by atoms with Crippen molar-refractivity contribution in [1.29, 1.82) is 0 Å². The number of hydrogen-bond acceptors (Lipinski definition) is 2. The molecule has 0 rings (SSSR count). The van der Waals surface area contributed by atoms with Gasteiger partial charge in [-0.2, -0.15) is 0 Å². The fraction of sp³-hybridized carbons (Fsp3) is 0.333. The summed E-state index contributed by atoms with van der Waals surface area (Å²) in [5.74, 6) is 0. The maximum atomic E-state index is 8.36. The van der Waals surface area contributed by atoms with Gasteiger partial charge in [-0.05, 0) is 11.6 Å². The first-order valence-electron chi connectivity index (χ1n) is 2.29. The Bertz CT molecular complexity index is 94.7. The molecule has 0 aromatic heterocycles. The van der Waals surface area contributed by atoms with Crippen molar-refractivity contribution < 1.29 is 9.84 Å². The van der Waals surface area contributed by atoms with Crippen LogP contribution in [0.3, 0.4) is 0 Å². The Morgan fingerprint density at radius 1 is 1.88 bits per heavy atom. The van der Waals surface area contributed by atoms with E-state index in [-0.39, 0.29) is 6.61 Å². The van der Waals surface area contributed by atoms with Crippen LogP contribution in [0.5, 0.6) is 0 Å². The molecule has 2 heteroatoms. The van der Waals surface area contributed by atoms with Crippen molar-refractivity contribution in [2.45, 2.75) is 0 Å². The predicted octanol–water partition coefficient (Wildman–Crippen LogP) is 0.695. The zero-order chi connectivity index (χ0) is 6.41. The van der Waals surface area contributed by atoms with E-state index >= 15 is 0 Å². The standard InChI is InChI=1S/C6H10O2/c1-6(5-7)3-4-8-2/h3-4,7H,1,5H2,2H3. The van der Waals surface area contributed by atoms with Crippen LogP contribution in [0.15, 0.2) is 24.5 Å². The van der Waals surface area contributed by atoms with Gasteiger partial charge in [0.2, 0.25) is 0 Å². The van der Waals surface area contributed by atoms with Crippen LogP contribution < -0.4 is 0 Å². The highest BCUT2D eigenvalue weighted by molar-refractivity contribution is 5.12. The third-order valence-corrected chi connectivity index (χ3v) is 0.643. The molecule has 0 aliphatic carbocycles. The van der Waals surface area contributed by atoms with Crippen LogP contribution >= 0.6 is 0 Å². The van der Waals surface area contributed by atoms with Gasteiger partial charge in [0, 0.05) is 0 Å². The minimum atomic E-state index is -0.0140. The van der Waals surface area contributed by atoms with E-state index in [2.05, 4.69) is 11.3 Å². The Morgan fingerprint density at radius 3 is 2.88 bits per heavy atom. The Labute approximate surface area is 49.1 Å². The van der Waals surface area contributed by atoms with Crippen LogP contribution in [-0.4, -0.2) is 18.8 Å². The molecule has 0 saturated carbocycles. The molecule has 0 radical (unpaired) electrons. The number of ether oxygens (including phenoxy) is 1. The van der Waals surface area contributed by atoms with Crippen molar-refractivity contribution in [3.8, 4) is 0 Å². The molecule has 0 fully saturated rings. The molecule has 0 saturated heterocycles. The largest absolute Gasteiger partial charge is 0.504 e. The summed E-state index contributed by atoms with van der Waals surface area (Å²) >= 11 is 0. The van der Waals surface area contributed by atoms with Crippen LogP contribution in [0, 0.1) is 0 Å². The molecule has 8 heavy (non-hydrogen) atoms. The number of aliphatic hydroxyl groups excluding tert-OH is 1. The van der Waals surface area contributed by atoms with E-state index in [1.54, 1.807) is 13.2 Å². The number of hydrogen-bond donors (Lipinski definition) is 1. The van der Waals surface area contributed by atoms with Crippen LogP contribution in [0.2, 0.25) is 0 Å². The smallest absolute Gasteiger partial charge is 0.0828 e. The Morgan fingerprint density at radius 2 is 2.50 bits per heavy atom. The van der Waals surface area contributed by atoms with Crippen molar-refractivity contribution in [2.24, 2.45) is 0 Å². The number of methoxy groups -OCH3 is 1. The molecule has 0 unspecified atom stereocenters. The van der Waals surface area contributed by atoms with Crippen molar-refractivity contribution in [1.82, 2.24) is 0 Å². The summed E-state index contributed by atoms with van der Waals surface area (Å²) in [7, 11) is 1.54. The van der Waals surface area contributed by atoms with Crippen LogP contribution in [0.25, 0.3) is 0 Å². The molecule has 0 heterocycles. The van der Waals surface area contributed by atoms with E-state index in [1.165, 1.54) is 6.26 Å². The van der Waals surface area contributed by atoms with Crippen molar-refractivity contribution in [3.05, 3.63) is 24.5 Å². The minimum absolute atomic E-state index is 0.0140. The Balaban J connectivity index is 3.37. The van der Waals surface area contributed by atoms with Gasteiger partial charge < -0.3 is 9.84 Å². The summed E-state index contributed by atoms with van der Waals surface area (Å²) in [6.07, 6.45) is 3.08. The first kappa shape index (κ1) is 7.24. The summed E-state index contributed by atoms with van der Waals surface area (Å²) in [5.41, 5.74) is 0.645. The lowest BCUT2D eigenvalue weighted by molar-refractivity contribution is 0.326. The molecular formula is C6H10O2. The highest BCUT2D eigenvalue weighted by atomic mass is 16.5. The SMILES string of the molecule is C=C(C=COC)CO. The van der Waals surface area contributed by atoms with E-state index in [0.29, 0.717) is 5.57 Å². The topological polar surface area (TPSA) is 29.5 Å². The fourth-order valence-corrected chi connectivity index (χ4v) is 0.217. The van der Waals surface area contributed by atoms with Gasteiger partial charge in [0.15, 0.2) is 0 Å². The van der Waals surface area contributed by atoms with Crippen LogP contribution in [-0.2, 0) is 4.74 Å².